The molecule has 8 heteroatoms. The summed E-state index contributed by atoms with van der Waals surface area (Å²) < 4.78 is 28.7. The number of rotatable bonds is 7. The second-order valence-electron chi connectivity index (χ2n) is 5.35. The van der Waals surface area contributed by atoms with E-state index in [-0.39, 0.29) is 12.2 Å². The fraction of sp³-hybridized carbons (Fsp3) is 0.188. The third-order valence-electron chi connectivity index (χ3n) is 3.24. The third-order valence-corrected chi connectivity index (χ3v) is 4.34. The predicted molar refractivity (Wildman–Crippen MR) is 90.1 cm³/mol. The molecule has 0 saturated heterocycles. The number of carboxylic acid groups (broad SMARTS) is 1. The standard InChI is InChI=1S/C16H18N2O5S/c1-11-3-2-4-13(9-11)17-24(22,23)18-15(16(20)21)10-12-5-7-14(19)8-6-12/h2-9,15,17-19H,10H2,1H3,(H,20,21). The van der Waals surface area contributed by atoms with Gasteiger partial charge in [-0.25, -0.2) is 0 Å². The number of hydrogen-bond donors (Lipinski definition) is 4. The van der Waals surface area contributed by atoms with E-state index in [1.165, 1.54) is 24.3 Å². The highest BCUT2D eigenvalue weighted by atomic mass is 32.2. The Hall–Kier alpha value is -2.58. The van der Waals surface area contributed by atoms with E-state index >= 15 is 0 Å². The lowest BCUT2D eigenvalue weighted by Crippen LogP contribution is -2.44. The molecule has 0 amide bonds. The van der Waals surface area contributed by atoms with E-state index in [9.17, 15) is 23.4 Å². The Morgan fingerprint density at radius 2 is 1.83 bits per heavy atom. The van der Waals surface area contributed by atoms with Crippen LogP contribution in [0, 0.1) is 6.92 Å². The number of benzene rings is 2. The van der Waals surface area contributed by atoms with Gasteiger partial charge in [0.15, 0.2) is 0 Å². The molecule has 2 rings (SSSR count). The van der Waals surface area contributed by atoms with E-state index in [0.29, 0.717) is 11.3 Å². The summed E-state index contributed by atoms with van der Waals surface area (Å²) in [6.45, 7) is 1.82. The topological polar surface area (TPSA) is 116 Å². The monoisotopic (exact) mass is 350 g/mol. The molecule has 1 atom stereocenters. The fourth-order valence-corrected chi connectivity index (χ4v) is 3.18. The van der Waals surface area contributed by atoms with Crippen LogP contribution < -0.4 is 9.44 Å². The molecular formula is C16H18N2O5S. The summed E-state index contributed by atoms with van der Waals surface area (Å²) in [5.41, 5.74) is 1.80. The summed E-state index contributed by atoms with van der Waals surface area (Å²) in [5, 5.41) is 18.5. The Kier molecular flexibility index (Phi) is 5.42. The molecule has 24 heavy (non-hydrogen) atoms. The molecule has 0 spiro atoms. The van der Waals surface area contributed by atoms with Gasteiger partial charge >= 0.3 is 5.97 Å². The molecule has 0 aliphatic rings. The highest BCUT2D eigenvalue weighted by Gasteiger charge is 2.24. The summed E-state index contributed by atoms with van der Waals surface area (Å²) in [5.74, 6) is -1.25. The number of hydrogen-bond acceptors (Lipinski definition) is 4. The van der Waals surface area contributed by atoms with E-state index in [4.69, 9.17) is 0 Å². The number of phenols is 1. The van der Waals surface area contributed by atoms with Crippen LogP contribution >= 0.6 is 0 Å². The predicted octanol–water partition coefficient (Wildman–Crippen LogP) is 1.64. The minimum atomic E-state index is -4.05. The fourth-order valence-electron chi connectivity index (χ4n) is 2.13. The Morgan fingerprint density at radius 1 is 1.17 bits per heavy atom. The van der Waals surface area contributed by atoms with Crippen molar-refractivity contribution in [3.05, 3.63) is 59.7 Å². The van der Waals surface area contributed by atoms with Crippen molar-refractivity contribution in [2.24, 2.45) is 0 Å². The van der Waals surface area contributed by atoms with Gasteiger partial charge < -0.3 is 10.2 Å². The van der Waals surface area contributed by atoms with Crippen LogP contribution in [0.15, 0.2) is 48.5 Å². The van der Waals surface area contributed by atoms with Gasteiger partial charge in [-0.3, -0.25) is 9.52 Å². The maximum absolute atomic E-state index is 12.1. The van der Waals surface area contributed by atoms with Crippen LogP contribution in [0.25, 0.3) is 0 Å². The Balaban J connectivity index is 2.11. The number of nitrogens with one attached hydrogen (secondary N) is 2. The zero-order valence-corrected chi connectivity index (χ0v) is 13.7. The summed E-state index contributed by atoms with van der Waals surface area (Å²) in [6, 6.07) is 11.3. The van der Waals surface area contributed by atoms with E-state index in [1.54, 1.807) is 18.2 Å². The van der Waals surface area contributed by atoms with E-state index in [1.807, 2.05) is 13.0 Å². The molecule has 0 fully saturated rings. The zero-order chi connectivity index (χ0) is 17.7. The van der Waals surface area contributed by atoms with Gasteiger partial charge in [0.2, 0.25) is 0 Å². The minimum absolute atomic E-state index is 0.0484. The zero-order valence-electron chi connectivity index (χ0n) is 12.9. The molecule has 0 heterocycles. The summed E-state index contributed by atoms with van der Waals surface area (Å²) >= 11 is 0. The molecule has 4 N–H and O–H groups in total. The number of phenolic OH excluding ortho intramolecular Hbond substituents is 1. The van der Waals surface area contributed by atoms with E-state index in [0.717, 1.165) is 5.56 Å². The van der Waals surface area contributed by atoms with Gasteiger partial charge in [-0.1, -0.05) is 24.3 Å². The largest absolute Gasteiger partial charge is 0.508 e. The van der Waals surface area contributed by atoms with Crippen molar-refractivity contribution < 1.29 is 23.4 Å². The molecule has 0 saturated carbocycles. The highest BCUT2D eigenvalue weighted by molar-refractivity contribution is 7.90. The summed E-state index contributed by atoms with van der Waals surface area (Å²) in [4.78, 5) is 11.4. The first-order valence-corrected chi connectivity index (χ1v) is 8.61. The summed E-state index contributed by atoms with van der Waals surface area (Å²) in [6.07, 6.45) is -0.0512. The van der Waals surface area contributed by atoms with Crippen LogP contribution in [-0.2, 0) is 21.4 Å². The van der Waals surface area contributed by atoms with Crippen molar-refractivity contribution in [1.29, 1.82) is 0 Å². The SMILES string of the molecule is Cc1cccc(NS(=O)(=O)NC(Cc2ccc(O)cc2)C(=O)O)c1. The van der Waals surface area contributed by atoms with Gasteiger partial charge in [-0.15, -0.1) is 0 Å². The Morgan fingerprint density at radius 3 is 2.42 bits per heavy atom. The van der Waals surface area contributed by atoms with E-state index < -0.39 is 22.2 Å². The second kappa shape index (κ2) is 7.33. The van der Waals surface area contributed by atoms with Crippen molar-refractivity contribution in [2.75, 3.05) is 4.72 Å². The number of aromatic hydroxyl groups is 1. The first kappa shape index (κ1) is 17.8. The molecule has 0 aliphatic carbocycles. The summed E-state index contributed by atoms with van der Waals surface area (Å²) in [7, 11) is -4.05. The highest BCUT2D eigenvalue weighted by Crippen LogP contribution is 2.13. The van der Waals surface area contributed by atoms with Crippen LogP contribution in [0.4, 0.5) is 5.69 Å². The first-order chi connectivity index (χ1) is 11.2. The van der Waals surface area contributed by atoms with E-state index in [2.05, 4.69) is 9.44 Å². The van der Waals surface area contributed by atoms with Gasteiger partial charge in [0.05, 0.1) is 0 Å². The van der Waals surface area contributed by atoms with Crippen LogP contribution in [0.5, 0.6) is 5.75 Å². The Bertz CT molecular complexity index is 819. The van der Waals surface area contributed by atoms with Gasteiger partial charge in [0.1, 0.15) is 11.8 Å². The van der Waals surface area contributed by atoms with Crippen LogP contribution in [0.2, 0.25) is 0 Å². The van der Waals surface area contributed by atoms with Crippen molar-refractivity contribution in [3.63, 3.8) is 0 Å². The molecule has 2 aromatic rings. The van der Waals surface area contributed by atoms with Crippen molar-refractivity contribution in [1.82, 2.24) is 4.72 Å². The first-order valence-electron chi connectivity index (χ1n) is 7.12. The van der Waals surface area contributed by atoms with Crippen LogP contribution in [-0.4, -0.2) is 30.6 Å². The van der Waals surface area contributed by atoms with Gasteiger partial charge in [0.25, 0.3) is 10.2 Å². The molecule has 0 bridgehead atoms. The number of aliphatic carboxylic acids is 1. The van der Waals surface area contributed by atoms with Crippen molar-refractivity contribution >= 4 is 21.9 Å². The van der Waals surface area contributed by atoms with Crippen molar-refractivity contribution in [3.8, 4) is 5.75 Å². The molecule has 7 nitrogen and oxygen atoms in total. The normalized spacial score (nSPS) is 12.5. The third kappa shape index (κ3) is 5.25. The lowest BCUT2D eigenvalue weighted by molar-refractivity contribution is -0.138. The number of anilines is 1. The van der Waals surface area contributed by atoms with Crippen molar-refractivity contribution in [2.45, 2.75) is 19.4 Å². The second-order valence-corrected chi connectivity index (χ2v) is 6.80. The molecule has 0 aromatic heterocycles. The number of aryl methyl sites for hydroxylation is 1. The van der Waals surface area contributed by atoms with Crippen LogP contribution in [0.1, 0.15) is 11.1 Å². The van der Waals surface area contributed by atoms with Gasteiger partial charge in [-0.2, -0.15) is 13.1 Å². The molecule has 0 radical (unpaired) electrons. The number of carbonyl (C=O) groups is 1. The van der Waals surface area contributed by atoms with Crippen LogP contribution in [0.3, 0.4) is 0 Å². The lowest BCUT2D eigenvalue weighted by atomic mass is 10.1. The average molecular weight is 350 g/mol. The molecule has 2 aromatic carbocycles. The molecule has 128 valence electrons. The number of carboxylic acids is 1. The lowest BCUT2D eigenvalue weighted by Gasteiger charge is -2.16. The minimum Gasteiger partial charge on any atom is -0.508 e. The van der Waals surface area contributed by atoms with Gasteiger partial charge in [0, 0.05) is 5.69 Å². The smallest absolute Gasteiger partial charge is 0.322 e. The molecule has 0 aliphatic heterocycles. The van der Waals surface area contributed by atoms with Gasteiger partial charge in [-0.05, 0) is 48.7 Å². The maximum Gasteiger partial charge on any atom is 0.322 e. The molecule has 1 unspecified atom stereocenters. The average Bonchev–Trinajstić information content (AvgIpc) is 2.48. The maximum atomic E-state index is 12.1. The quantitative estimate of drug-likeness (QED) is 0.606. The molecular weight excluding hydrogens is 332 g/mol. The Labute approximate surface area is 140 Å².